The summed E-state index contributed by atoms with van der Waals surface area (Å²) in [5.41, 5.74) is 4.72. The van der Waals surface area contributed by atoms with Gasteiger partial charge < -0.3 is 14.9 Å². The van der Waals surface area contributed by atoms with E-state index >= 15 is 0 Å². The molecule has 0 radical (unpaired) electrons. The molecule has 0 fully saturated rings. The van der Waals surface area contributed by atoms with E-state index in [9.17, 15) is 14.7 Å². The third-order valence-corrected chi connectivity index (χ3v) is 5.24. The molecule has 3 aromatic carbocycles. The first-order valence-corrected chi connectivity index (χ1v) is 9.15. The molecular formula is C23H19NO5. The van der Waals surface area contributed by atoms with Gasteiger partial charge in [-0.25, -0.2) is 9.59 Å². The third-order valence-electron chi connectivity index (χ3n) is 5.24. The summed E-state index contributed by atoms with van der Waals surface area (Å²) >= 11 is 0. The summed E-state index contributed by atoms with van der Waals surface area (Å²) in [4.78, 5) is 23.4. The number of phenolic OH excluding ortho intramolecular Hbond substituents is 1. The summed E-state index contributed by atoms with van der Waals surface area (Å²) in [6.45, 7) is 1.62. The Morgan fingerprint density at radius 2 is 1.55 bits per heavy atom. The average molecular weight is 389 g/mol. The zero-order valence-corrected chi connectivity index (χ0v) is 15.7. The number of ether oxygens (including phenoxy) is 1. The van der Waals surface area contributed by atoms with Crippen molar-refractivity contribution in [3.8, 4) is 16.9 Å². The van der Waals surface area contributed by atoms with Gasteiger partial charge in [0.2, 0.25) is 0 Å². The fourth-order valence-corrected chi connectivity index (χ4v) is 3.78. The molecule has 0 aliphatic heterocycles. The van der Waals surface area contributed by atoms with Gasteiger partial charge in [-0.2, -0.15) is 0 Å². The summed E-state index contributed by atoms with van der Waals surface area (Å²) in [7, 11) is 0. The number of fused-ring (bicyclic) bond motifs is 3. The Kier molecular flexibility index (Phi) is 4.68. The second kappa shape index (κ2) is 7.31. The minimum Gasteiger partial charge on any atom is -0.505 e. The zero-order chi connectivity index (χ0) is 20.5. The van der Waals surface area contributed by atoms with E-state index in [1.54, 1.807) is 0 Å². The lowest BCUT2D eigenvalue weighted by molar-refractivity contribution is 0.0695. The minimum absolute atomic E-state index is 0.0272. The number of carbonyl (C=O) groups is 2. The smallest absolute Gasteiger partial charge is 0.411 e. The van der Waals surface area contributed by atoms with Gasteiger partial charge in [0.1, 0.15) is 12.4 Å². The van der Waals surface area contributed by atoms with E-state index in [1.807, 2.05) is 36.4 Å². The average Bonchev–Trinajstić information content (AvgIpc) is 3.03. The molecule has 3 aromatic rings. The van der Waals surface area contributed by atoms with Crippen molar-refractivity contribution in [1.29, 1.82) is 0 Å². The Bertz CT molecular complexity index is 1080. The predicted octanol–water partition coefficient (Wildman–Crippen LogP) is 4.76. The Hall–Kier alpha value is -3.80. The van der Waals surface area contributed by atoms with E-state index in [4.69, 9.17) is 9.84 Å². The number of aromatic carboxylic acids is 1. The molecule has 146 valence electrons. The molecule has 0 saturated heterocycles. The molecule has 0 atom stereocenters. The molecule has 0 heterocycles. The van der Waals surface area contributed by atoms with E-state index in [2.05, 4.69) is 17.4 Å². The van der Waals surface area contributed by atoms with Gasteiger partial charge in [-0.05, 0) is 41.3 Å². The summed E-state index contributed by atoms with van der Waals surface area (Å²) in [6, 6.07) is 18.7. The molecule has 6 heteroatoms. The number of carboxylic acids is 1. The van der Waals surface area contributed by atoms with Gasteiger partial charge >= 0.3 is 12.1 Å². The SMILES string of the molecule is Cc1c(C(=O)O)ccc(NC(=O)OCC2c3ccccc3-c3ccccc32)c1O. The maximum absolute atomic E-state index is 12.3. The van der Waals surface area contributed by atoms with Crippen LogP contribution in [0.15, 0.2) is 60.7 Å². The highest BCUT2D eigenvalue weighted by Gasteiger charge is 2.29. The van der Waals surface area contributed by atoms with Crippen LogP contribution in [0.2, 0.25) is 0 Å². The van der Waals surface area contributed by atoms with Gasteiger partial charge in [-0.3, -0.25) is 5.32 Å². The van der Waals surface area contributed by atoms with Crippen LogP contribution in [-0.2, 0) is 4.74 Å². The highest BCUT2D eigenvalue weighted by atomic mass is 16.5. The normalized spacial score (nSPS) is 12.2. The molecule has 0 unspecified atom stereocenters. The summed E-state index contributed by atoms with van der Waals surface area (Å²) in [6.07, 6.45) is -0.718. The van der Waals surface area contributed by atoms with Crippen molar-refractivity contribution in [3.63, 3.8) is 0 Å². The number of phenols is 1. The number of benzene rings is 3. The number of aromatic hydroxyl groups is 1. The fourth-order valence-electron chi connectivity index (χ4n) is 3.78. The Balaban J connectivity index is 1.50. The molecule has 0 bridgehead atoms. The molecule has 29 heavy (non-hydrogen) atoms. The van der Waals surface area contributed by atoms with Gasteiger partial charge in [0.15, 0.2) is 0 Å². The van der Waals surface area contributed by atoms with Gasteiger partial charge in [0, 0.05) is 11.5 Å². The summed E-state index contributed by atoms with van der Waals surface area (Å²) in [5.74, 6) is -1.51. The predicted molar refractivity (Wildman–Crippen MR) is 108 cm³/mol. The van der Waals surface area contributed by atoms with Crippen LogP contribution in [0.1, 0.15) is 33.0 Å². The van der Waals surface area contributed by atoms with Crippen LogP contribution < -0.4 is 5.32 Å². The lowest BCUT2D eigenvalue weighted by atomic mass is 9.98. The molecule has 4 rings (SSSR count). The lowest BCUT2D eigenvalue weighted by Crippen LogP contribution is -2.18. The molecule has 0 aromatic heterocycles. The van der Waals surface area contributed by atoms with Crippen molar-refractivity contribution in [3.05, 3.63) is 82.9 Å². The molecule has 3 N–H and O–H groups in total. The van der Waals surface area contributed by atoms with Gasteiger partial charge in [-0.1, -0.05) is 48.5 Å². The fraction of sp³-hybridized carbons (Fsp3) is 0.130. The van der Waals surface area contributed by atoms with Crippen LogP contribution in [0.4, 0.5) is 10.5 Å². The lowest BCUT2D eigenvalue weighted by Gasteiger charge is -2.15. The monoisotopic (exact) mass is 389 g/mol. The highest BCUT2D eigenvalue weighted by molar-refractivity contribution is 5.93. The van der Waals surface area contributed by atoms with Crippen LogP contribution in [0.25, 0.3) is 11.1 Å². The molecule has 1 amide bonds. The number of carboxylic acid groups (broad SMARTS) is 1. The standard InChI is InChI=1S/C23H19NO5/c1-13-14(22(26)27)10-11-20(21(13)25)24-23(28)29-12-19-17-8-4-2-6-15(17)16-7-3-5-9-18(16)19/h2-11,19,25H,12H2,1H3,(H,24,28)(H,26,27). The maximum Gasteiger partial charge on any atom is 0.411 e. The van der Waals surface area contributed by atoms with Crippen LogP contribution in [0, 0.1) is 6.92 Å². The number of amides is 1. The quantitative estimate of drug-likeness (QED) is 0.559. The van der Waals surface area contributed by atoms with Crippen molar-refractivity contribution in [2.45, 2.75) is 12.8 Å². The van der Waals surface area contributed by atoms with Crippen molar-refractivity contribution in [2.75, 3.05) is 11.9 Å². The number of nitrogens with one attached hydrogen (secondary N) is 1. The van der Waals surface area contributed by atoms with Crippen molar-refractivity contribution in [1.82, 2.24) is 0 Å². The van der Waals surface area contributed by atoms with Crippen molar-refractivity contribution >= 4 is 17.7 Å². The second-order valence-corrected chi connectivity index (χ2v) is 6.89. The Labute approximate surface area is 167 Å². The molecule has 1 aliphatic rings. The van der Waals surface area contributed by atoms with Crippen molar-refractivity contribution in [2.24, 2.45) is 0 Å². The third kappa shape index (κ3) is 3.29. The van der Waals surface area contributed by atoms with Crippen LogP contribution in [0.5, 0.6) is 5.75 Å². The number of anilines is 1. The van der Waals surface area contributed by atoms with E-state index < -0.39 is 12.1 Å². The van der Waals surface area contributed by atoms with Gasteiger partial charge in [0.25, 0.3) is 0 Å². The van der Waals surface area contributed by atoms with E-state index in [-0.39, 0.29) is 35.1 Å². The van der Waals surface area contributed by atoms with Gasteiger partial charge in [0.05, 0.1) is 11.3 Å². The van der Waals surface area contributed by atoms with Crippen LogP contribution in [0.3, 0.4) is 0 Å². The number of carbonyl (C=O) groups excluding carboxylic acids is 1. The van der Waals surface area contributed by atoms with E-state index in [0.717, 1.165) is 22.3 Å². The van der Waals surface area contributed by atoms with E-state index in [1.165, 1.54) is 19.1 Å². The Morgan fingerprint density at radius 3 is 2.14 bits per heavy atom. The molecule has 0 spiro atoms. The highest BCUT2D eigenvalue weighted by Crippen LogP contribution is 2.44. The van der Waals surface area contributed by atoms with Gasteiger partial charge in [-0.15, -0.1) is 0 Å². The summed E-state index contributed by atoms with van der Waals surface area (Å²) < 4.78 is 5.44. The van der Waals surface area contributed by atoms with E-state index in [0.29, 0.717) is 0 Å². The largest absolute Gasteiger partial charge is 0.505 e. The van der Waals surface area contributed by atoms with Crippen molar-refractivity contribution < 1.29 is 24.5 Å². The number of hydrogen-bond donors (Lipinski definition) is 3. The number of hydrogen-bond acceptors (Lipinski definition) is 4. The molecule has 6 nitrogen and oxygen atoms in total. The number of rotatable bonds is 4. The molecule has 0 saturated carbocycles. The first-order chi connectivity index (χ1) is 14.0. The second-order valence-electron chi connectivity index (χ2n) is 6.89. The van der Waals surface area contributed by atoms with Crippen LogP contribution >= 0.6 is 0 Å². The topological polar surface area (TPSA) is 95.9 Å². The minimum atomic E-state index is -1.15. The summed E-state index contributed by atoms with van der Waals surface area (Å²) in [5, 5.41) is 21.8. The molecular weight excluding hydrogens is 370 g/mol. The first-order valence-electron chi connectivity index (χ1n) is 9.15. The maximum atomic E-state index is 12.3. The Morgan fingerprint density at radius 1 is 0.966 bits per heavy atom. The van der Waals surface area contributed by atoms with Crippen LogP contribution in [-0.4, -0.2) is 28.9 Å². The zero-order valence-electron chi connectivity index (χ0n) is 15.7. The molecule has 1 aliphatic carbocycles. The first kappa shape index (κ1) is 18.6.